The van der Waals surface area contributed by atoms with Gasteiger partial charge in [-0.25, -0.2) is 9.97 Å². The summed E-state index contributed by atoms with van der Waals surface area (Å²) >= 11 is 1.40. The van der Waals surface area contributed by atoms with E-state index >= 15 is 0 Å². The van der Waals surface area contributed by atoms with Crippen molar-refractivity contribution in [3.8, 4) is 17.2 Å². The van der Waals surface area contributed by atoms with E-state index in [1.54, 1.807) is 6.20 Å². The number of hydrogen-bond donors (Lipinski definition) is 1. The first kappa shape index (κ1) is 26.7. The van der Waals surface area contributed by atoms with E-state index in [-0.39, 0.29) is 5.56 Å². The Morgan fingerprint density at radius 2 is 1.66 bits per heavy atom. The standard InChI is InChI=1S/C27H34N4O2SSi/c1-17(2)35(18(3)4,19(5)6)15-14-21-22-16-29-27(34-8)30-24(22)31(20-12-10-9-11-13-20)26(33)23(21)25(32)28-7/h9-13,16-19H,1-8H3,(H,28,32). The number of nitrogens with one attached hydrogen (secondary N) is 1. The second-order valence-corrected chi connectivity index (χ2v) is 15.9. The average Bonchev–Trinajstić information content (AvgIpc) is 2.83. The van der Waals surface area contributed by atoms with E-state index in [4.69, 9.17) is 4.98 Å². The van der Waals surface area contributed by atoms with Crippen molar-refractivity contribution in [3.63, 3.8) is 0 Å². The lowest BCUT2D eigenvalue weighted by molar-refractivity contribution is 0.0961. The third kappa shape index (κ3) is 4.80. The summed E-state index contributed by atoms with van der Waals surface area (Å²) in [6.45, 7) is 13.4. The van der Waals surface area contributed by atoms with Gasteiger partial charge in [0.15, 0.2) is 10.8 Å². The molecule has 0 atom stereocenters. The third-order valence-electron chi connectivity index (χ3n) is 6.82. The minimum absolute atomic E-state index is 0.0241. The summed E-state index contributed by atoms with van der Waals surface area (Å²) in [6, 6.07) is 9.24. The molecular formula is C27H34N4O2SSi. The van der Waals surface area contributed by atoms with Crippen LogP contribution in [0, 0.1) is 11.5 Å². The van der Waals surface area contributed by atoms with E-state index in [1.165, 1.54) is 23.4 Å². The van der Waals surface area contributed by atoms with Gasteiger partial charge in [-0.3, -0.25) is 14.2 Å². The molecule has 0 aliphatic rings. The van der Waals surface area contributed by atoms with Crippen LogP contribution in [-0.2, 0) is 0 Å². The van der Waals surface area contributed by atoms with Gasteiger partial charge in [-0.2, -0.15) is 0 Å². The number of fused-ring (bicyclic) bond motifs is 1. The SMILES string of the molecule is CNC(=O)c1c(C#C[Si](C(C)C)(C(C)C)C(C)C)c2cnc(SC)nc2n(-c2ccccc2)c1=O. The largest absolute Gasteiger partial charge is 0.355 e. The number of nitrogens with zero attached hydrogens (tertiary/aromatic N) is 3. The highest BCUT2D eigenvalue weighted by Gasteiger charge is 2.42. The number of carbonyl (C=O) groups excluding carboxylic acids is 1. The Balaban J connectivity index is 2.53. The number of rotatable bonds is 6. The van der Waals surface area contributed by atoms with Crippen LogP contribution in [0.3, 0.4) is 0 Å². The van der Waals surface area contributed by atoms with Crippen LogP contribution in [0.1, 0.15) is 57.5 Å². The molecule has 8 heteroatoms. The maximum absolute atomic E-state index is 13.9. The lowest BCUT2D eigenvalue weighted by Gasteiger charge is -2.38. The van der Waals surface area contributed by atoms with Gasteiger partial charge in [-0.15, -0.1) is 5.54 Å². The molecule has 6 nitrogen and oxygen atoms in total. The molecular weight excluding hydrogens is 472 g/mol. The monoisotopic (exact) mass is 506 g/mol. The summed E-state index contributed by atoms with van der Waals surface area (Å²) < 4.78 is 1.49. The highest BCUT2D eigenvalue weighted by molar-refractivity contribution is 7.98. The normalized spacial score (nSPS) is 11.7. The Morgan fingerprint density at radius 3 is 2.17 bits per heavy atom. The fraction of sp³-hybridized carbons (Fsp3) is 0.407. The van der Waals surface area contributed by atoms with E-state index in [9.17, 15) is 9.59 Å². The highest BCUT2D eigenvalue weighted by atomic mass is 32.2. The zero-order chi connectivity index (χ0) is 25.9. The molecule has 0 aliphatic carbocycles. The van der Waals surface area contributed by atoms with Gasteiger partial charge in [-0.05, 0) is 35.0 Å². The molecule has 0 saturated heterocycles. The van der Waals surface area contributed by atoms with Crippen molar-refractivity contribution >= 4 is 36.8 Å². The first-order valence-electron chi connectivity index (χ1n) is 11.9. The van der Waals surface area contributed by atoms with E-state index in [1.807, 2.05) is 36.6 Å². The lowest BCUT2D eigenvalue weighted by Crippen LogP contribution is -2.43. The van der Waals surface area contributed by atoms with Crippen LogP contribution in [-0.4, -0.2) is 41.8 Å². The Bertz CT molecular complexity index is 1330. The highest BCUT2D eigenvalue weighted by Crippen LogP contribution is 2.41. The second-order valence-electron chi connectivity index (χ2n) is 9.55. The van der Waals surface area contributed by atoms with Crippen LogP contribution in [0.5, 0.6) is 0 Å². The first-order chi connectivity index (χ1) is 16.6. The van der Waals surface area contributed by atoms with Crippen molar-refractivity contribution in [2.75, 3.05) is 13.3 Å². The zero-order valence-electron chi connectivity index (χ0n) is 21.8. The van der Waals surface area contributed by atoms with Gasteiger partial charge in [0.2, 0.25) is 0 Å². The summed E-state index contributed by atoms with van der Waals surface area (Å²) in [7, 11) is -0.598. The fourth-order valence-corrected chi connectivity index (χ4v) is 10.7. The van der Waals surface area contributed by atoms with Gasteiger partial charge in [0.1, 0.15) is 13.6 Å². The molecule has 35 heavy (non-hydrogen) atoms. The van der Waals surface area contributed by atoms with Crippen LogP contribution in [0.15, 0.2) is 46.5 Å². The minimum atomic E-state index is -2.12. The molecule has 0 fully saturated rings. The molecule has 0 aliphatic heterocycles. The molecule has 2 heterocycles. The van der Waals surface area contributed by atoms with Crippen LogP contribution in [0.25, 0.3) is 16.7 Å². The molecule has 184 valence electrons. The number of carbonyl (C=O) groups is 1. The molecule has 3 aromatic rings. The summed E-state index contributed by atoms with van der Waals surface area (Å²) in [6.07, 6.45) is 3.58. The van der Waals surface area contributed by atoms with Gasteiger partial charge in [0.25, 0.3) is 11.5 Å². The van der Waals surface area contributed by atoms with Crippen LogP contribution in [0.4, 0.5) is 0 Å². The van der Waals surface area contributed by atoms with Crippen molar-refractivity contribution in [1.82, 2.24) is 19.9 Å². The van der Waals surface area contributed by atoms with Gasteiger partial charge >= 0.3 is 0 Å². The number of benzene rings is 1. The Morgan fingerprint density at radius 1 is 1.06 bits per heavy atom. The average molecular weight is 507 g/mol. The Hall–Kier alpha value is -2.89. The van der Waals surface area contributed by atoms with Gasteiger partial charge < -0.3 is 5.32 Å². The number of pyridine rings is 1. The number of amides is 1. The second kappa shape index (κ2) is 10.8. The van der Waals surface area contributed by atoms with Gasteiger partial charge in [0, 0.05) is 13.2 Å². The van der Waals surface area contributed by atoms with Crippen LogP contribution in [0.2, 0.25) is 16.6 Å². The van der Waals surface area contributed by atoms with E-state index in [0.717, 1.165) is 0 Å². The summed E-state index contributed by atoms with van der Waals surface area (Å²) in [5.74, 6) is 2.90. The third-order valence-corrected chi connectivity index (χ3v) is 13.7. The summed E-state index contributed by atoms with van der Waals surface area (Å²) in [4.78, 5) is 36.2. The molecule has 1 N–H and O–H groups in total. The fourth-order valence-electron chi connectivity index (χ4n) is 5.14. The Kier molecular flexibility index (Phi) is 8.24. The predicted octanol–water partition coefficient (Wildman–Crippen LogP) is 5.43. The molecule has 0 bridgehead atoms. The van der Waals surface area contributed by atoms with Gasteiger partial charge in [-0.1, -0.05) is 77.4 Å². The molecule has 0 spiro atoms. The van der Waals surface area contributed by atoms with Crippen molar-refractivity contribution in [2.45, 2.75) is 63.3 Å². The summed E-state index contributed by atoms with van der Waals surface area (Å²) in [5, 5.41) is 3.78. The number of hydrogen-bond acceptors (Lipinski definition) is 5. The minimum Gasteiger partial charge on any atom is -0.355 e. The van der Waals surface area contributed by atoms with Gasteiger partial charge in [0.05, 0.1) is 16.6 Å². The zero-order valence-corrected chi connectivity index (χ0v) is 23.6. The lowest BCUT2D eigenvalue weighted by atomic mass is 10.1. The first-order valence-corrected chi connectivity index (χ1v) is 15.4. The number of para-hydroxylation sites is 1. The predicted molar refractivity (Wildman–Crippen MR) is 148 cm³/mol. The maximum atomic E-state index is 13.9. The molecule has 1 amide bonds. The van der Waals surface area contributed by atoms with Crippen LogP contribution >= 0.6 is 11.8 Å². The van der Waals surface area contributed by atoms with E-state index < -0.39 is 19.5 Å². The Labute approximate surface area is 213 Å². The number of thioether (sulfide) groups is 1. The molecule has 1 aromatic carbocycles. The smallest absolute Gasteiger partial charge is 0.270 e. The van der Waals surface area contributed by atoms with Crippen molar-refractivity contribution in [3.05, 3.63) is 58.0 Å². The maximum Gasteiger partial charge on any atom is 0.270 e. The van der Waals surface area contributed by atoms with E-state index in [2.05, 4.69) is 63.3 Å². The molecule has 3 rings (SSSR count). The molecule has 0 unspecified atom stereocenters. The molecule has 0 saturated carbocycles. The molecule has 2 aromatic heterocycles. The van der Waals surface area contributed by atoms with Crippen molar-refractivity contribution < 1.29 is 4.79 Å². The van der Waals surface area contributed by atoms with E-state index in [0.29, 0.717) is 44.1 Å². The topological polar surface area (TPSA) is 76.9 Å². The molecule has 0 radical (unpaired) electrons. The summed E-state index contributed by atoms with van der Waals surface area (Å²) in [5.41, 5.74) is 5.98. The quantitative estimate of drug-likeness (QED) is 0.209. The van der Waals surface area contributed by atoms with Crippen molar-refractivity contribution in [1.29, 1.82) is 0 Å². The van der Waals surface area contributed by atoms with Crippen LogP contribution < -0.4 is 10.9 Å². The van der Waals surface area contributed by atoms with Crippen molar-refractivity contribution in [2.24, 2.45) is 0 Å². The number of aromatic nitrogens is 3.